The van der Waals surface area contributed by atoms with Gasteiger partial charge in [0, 0.05) is 55.2 Å². The second-order valence-electron chi connectivity index (χ2n) is 11.5. The molecule has 4 heterocycles. The monoisotopic (exact) mass is 568 g/mol. The van der Waals surface area contributed by atoms with Crippen molar-refractivity contribution in [1.82, 2.24) is 14.3 Å². The van der Waals surface area contributed by atoms with Crippen LogP contribution in [-0.2, 0) is 22.9 Å². The molecule has 1 aliphatic carbocycles. The van der Waals surface area contributed by atoms with Crippen LogP contribution in [-0.4, -0.2) is 54.9 Å². The van der Waals surface area contributed by atoms with Crippen molar-refractivity contribution in [3.63, 3.8) is 0 Å². The molecule has 2 aromatic heterocycles. The molecule has 4 aromatic rings. The molecule has 3 N–H and O–H groups in total. The van der Waals surface area contributed by atoms with Crippen LogP contribution >= 0.6 is 0 Å². The number of rotatable bonds is 6. The minimum absolute atomic E-state index is 0.212. The number of aryl methyl sites for hydroxylation is 1. The fourth-order valence-electron chi connectivity index (χ4n) is 6.54. The summed E-state index contributed by atoms with van der Waals surface area (Å²) >= 11 is 0. The largest absolute Gasteiger partial charge is 0.369 e. The first-order valence-corrected chi connectivity index (χ1v) is 16.2. The molecule has 0 amide bonds. The fraction of sp³-hybridized carbons (Fsp3) is 0.375. The van der Waals surface area contributed by atoms with Gasteiger partial charge in [-0.05, 0) is 110 Å². The Kier molecular flexibility index (Phi) is 6.89. The van der Waals surface area contributed by atoms with Crippen LogP contribution in [0.1, 0.15) is 43.4 Å². The molecule has 2 aliphatic heterocycles. The average Bonchev–Trinajstić information content (AvgIpc) is 3.69. The number of hydrogen-bond donors (Lipinski definition) is 2. The lowest BCUT2D eigenvalue weighted by Gasteiger charge is -2.28. The van der Waals surface area contributed by atoms with Crippen LogP contribution in [0.15, 0.2) is 65.7 Å². The van der Waals surface area contributed by atoms with E-state index < -0.39 is 10.0 Å². The van der Waals surface area contributed by atoms with Crippen LogP contribution in [0.25, 0.3) is 22.0 Å². The quantitative estimate of drug-likeness (QED) is 0.328. The van der Waals surface area contributed by atoms with Gasteiger partial charge in [-0.15, -0.1) is 0 Å². The molecule has 9 heteroatoms. The molecular weight excluding hydrogens is 532 g/mol. The third kappa shape index (κ3) is 5.07. The molecule has 2 aromatic carbocycles. The summed E-state index contributed by atoms with van der Waals surface area (Å²) in [7, 11) is -3.43. The molecule has 8 nitrogen and oxygen atoms in total. The second kappa shape index (κ2) is 10.7. The first kappa shape index (κ1) is 26.4. The molecule has 2 saturated heterocycles. The maximum atomic E-state index is 12.9. The summed E-state index contributed by atoms with van der Waals surface area (Å²) in [6.07, 6.45) is 9.19. The summed E-state index contributed by atoms with van der Waals surface area (Å²) in [5.74, 6) is 0.701. The first-order chi connectivity index (χ1) is 20.0. The molecule has 3 aliphatic rings. The van der Waals surface area contributed by atoms with Gasteiger partial charge in [-0.3, -0.25) is 4.98 Å². The number of anilines is 3. The van der Waals surface area contributed by atoms with E-state index in [1.165, 1.54) is 35.2 Å². The van der Waals surface area contributed by atoms with E-state index in [0.717, 1.165) is 67.5 Å². The molecule has 1 atom stereocenters. The highest BCUT2D eigenvalue weighted by Crippen LogP contribution is 2.39. The standard InChI is InChI=1S/C32H36N6O2S/c33-24-14-18-37(21-24)32-27-5-1-2-6-29(27)36-30-12-7-22(19-28(30)32)23-13-15-34-31(20-23)35-25-8-10-26(11-9-25)41(39,40)38-16-3-4-17-38/h7-13,15,19-20,24H,1-6,14,16-18,21,33H2,(H,34,35). The summed E-state index contributed by atoms with van der Waals surface area (Å²) in [5, 5.41) is 4.54. The maximum Gasteiger partial charge on any atom is 0.243 e. The normalized spacial score (nSPS) is 19.5. The Bertz CT molecular complexity index is 1700. The molecule has 0 bridgehead atoms. The van der Waals surface area contributed by atoms with E-state index in [1.54, 1.807) is 34.8 Å². The number of benzene rings is 2. The molecule has 41 heavy (non-hydrogen) atoms. The van der Waals surface area contributed by atoms with Crippen molar-refractivity contribution in [2.75, 3.05) is 36.4 Å². The van der Waals surface area contributed by atoms with Gasteiger partial charge < -0.3 is 16.0 Å². The van der Waals surface area contributed by atoms with Crippen LogP contribution in [0.5, 0.6) is 0 Å². The molecule has 0 radical (unpaired) electrons. The van der Waals surface area contributed by atoms with Gasteiger partial charge in [0.2, 0.25) is 10.0 Å². The number of fused-ring (bicyclic) bond motifs is 2. The lowest BCUT2D eigenvalue weighted by molar-refractivity contribution is 0.477. The first-order valence-electron chi connectivity index (χ1n) is 14.8. The van der Waals surface area contributed by atoms with Crippen molar-refractivity contribution in [1.29, 1.82) is 0 Å². The highest BCUT2D eigenvalue weighted by molar-refractivity contribution is 7.89. The van der Waals surface area contributed by atoms with Crippen molar-refractivity contribution in [2.45, 2.75) is 55.9 Å². The van der Waals surface area contributed by atoms with Crippen LogP contribution in [0.4, 0.5) is 17.2 Å². The Morgan fingerprint density at radius 1 is 0.878 bits per heavy atom. The summed E-state index contributed by atoms with van der Waals surface area (Å²) in [6, 6.07) is 17.8. The van der Waals surface area contributed by atoms with Crippen LogP contribution < -0.4 is 16.0 Å². The van der Waals surface area contributed by atoms with Crippen molar-refractivity contribution in [3.05, 3.63) is 72.1 Å². The van der Waals surface area contributed by atoms with E-state index in [4.69, 9.17) is 10.7 Å². The highest BCUT2D eigenvalue weighted by Gasteiger charge is 2.28. The Balaban J connectivity index is 1.19. The third-order valence-corrected chi connectivity index (χ3v) is 10.6. The molecule has 1 unspecified atom stereocenters. The number of hydrogen-bond acceptors (Lipinski definition) is 7. The van der Waals surface area contributed by atoms with E-state index in [-0.39, 0.29) is 6.04 Å². The van der Waals surface area contributed by atoms with Gasteiger partial charge in [-0.1, -0.05) is 6.07 Å². The van der Waals surface area contributed by atoms with Crippen LogP contribution in [0.3, 0.4) is 0 Å². The van der Waals surface area contributed by atoms with Gasteiger partial charge in [0.1, 0.15) is 5.82 Å². The van der Waals surface area contributed by atoms with Crippen molar-refractivity contribution in [2.24, 2.45) is 5.73 Å². The number of pyridine rings is 2. The fourth-order valence-corrected chi connectivity index (χ4v) is 8.06. The zero-order chi connectivity index (χ0) is 28.0. The third-order valence-electron chi connectivity index (χ3n) is 8.70. The summed E-state index contributed by atoms with van der Waals surface area (Å²) in [6.45, 7) is 3.06. The highest BCUT2D eigenvalue weighted by atomic mass is 32.2. The smallest absolute Gasteiger partial charge is 0.243 e. The zero-order valence-corrected chi connectivity index (χ0v) is 24.0. The topological polar surface area (TPSA) is 104 Å². The molecule has 212 valence electrons. The number of nitrogens with two attached hydrogens (primary N) is 1. The Morgan fingerprint density at radius 2 is 1.66 bits per heavy atom. The molecular formula is C32H36N6O2S. The van der Waals surface area contributed by atoms with Gasteiger partial charge in [0.25, 0.3) is 0 Å². The predicted octanol–water partition coefficient (Wildman–Crippen LogP) is 5.24. The van der Waals surface area contributed by atoms with Gasteiger partial charge >= 0.3 is 0 Å². The number of sulfonamides is 1. The number of aromatic nitrogens is 2. The van der Waals surface area contributed by atoms with Crippen LogP contribution in [0.2, 0.25) is 0 Å². The Hall–Kier alpha value is -3.53. The van der Waals surface area contributed by atoms with Gasteiger partial charge in [-0.25, -0.2) is 13.4 Å². The lowest BCUT2D eigenvalue weighted by atomic mass is 9.91. The van der Waals surface area contributed by atoms with Gasteiger partial charge in [0.15, 0.2) is 0 Å². The molecule has 7 rings (SSSR count). The van der Waals surface area contributed by atoms with Crippen molar-refractivity contribution < 1.29 is 8.42 Å². The number of nitrogens with one attached hydrogen (secondary N) is 1. The maximum absolute atomic E-state index is 12.9. The van der Waals surface area contributed by atoms with E-state index in [9.17, 15) is 8.42 Å². The van der Waals surface area contributed by atoms with Gasteiger partial charge in [-0.2, -0.15) is 4.31 Å². The van der Waals surface area contributed by atoms with Crippen molar-refractivity contribution >= 4 is 38.1 Å². The minimum Gasteiger partial charge on any atom is -0.369 e. The minimum atomic E-state index is -3.43. The predicted molar refractivity (Wildman–Crippen MR) is 164 cm³/mol. The molecule has 2 fully saturated rings. The lowest BCUT2D eigenvalue weighted by Crippen LogP contribution is -2.28. The summed E-state index contributed by atoms with van der Waals surface area (Å²) < 4.78 is 27.3. The van der Waals surface area contributed by atoms with E-state index >= 15 is 0 Å². The molecule has 0 saturated carbocycles. The average molecular weight is 569 g/mol. The van der Waals surface area contributed by atoms with Gasteiger partial charge in [0.05, 0.1) is 16.1 Å². The molecule has 0 spiro atoms. The second-order valence-corrected chi connectivity index (χ2v) is 13.4. The Labute approximate surface area is 241 Å². The van der Waals surface area contributed by atoms with E-state index in [1.807, 2.05) is 12.1 Å². The summed E-state index contributed by atoms with van der Waals surface area (Å²) in [4.78, 5) is 12.4. The van der Waals surface area contributed by atoms with E-state index in [2.05, 4.69) is 33.4 Å². The van der Waals surface area contributed by atoms with Crippen LogP contribution in [0, 0.1) is 0 Å². The summed E-state index contributed by atoms with van der Waals surface area (Å²) in [5.41, 5.74) is 14.3. The number of nitrogens with zero attached hydrogens (tertiary/aromatic N) is 4. The van der Waals surface area contributed by atoms with E-state index in [0.29, 0.717) is 23.8 Å². The Morgan fingerprint density at radius 3 is 2.44 bits per heavy atom. The zero-order valence-electron chi connectivity index (χ0n) is 23.2. The van der Waals surface area contributed by atoms with Crippen molar-refractivity contribution in [3.8, 4) is 11.1 Å². The SMILES string of the molecule is NC1CCN(c2c3c(nc4ccc(-c5ccnc(Nc6ccc(S(=O)(=O)N7CCCC7)cc6)c5)cc24)CCCC3)C1.